The van der Waals surface area contributed by atoms with Crippen LogP contribution in [0.25, 0.3) is 0 Å². The molecule has 1 atom stereocenters. The first-order chi connectivity index (χ1) is 15.9. The van der Waals surface area contributed by atoms with Gasteiger partial charge in [0.1, 0.15) is 5.82 Å². The van der Waals surface area contributed by atoms with Crippen molar-refractivity contribution in [2.45, 2.75) is 18.4 Å². The molecule has 2 aliphatic rings. The van der Waals surface area contributed by atoms with Crippen LogP contribution in [0, 0.1) is 9.39 Å². The maximum absolute atomic E-state index is 13.5. The Labute approximate surface area is 217 Å². The van der Waals surface area contributed by atoms with Gasteiger partial charge in [0.05, 0.1) is 13.2 Å². The fourth-order valence-electron chi connectivity index (χ4n) is 4.65. The number of halogens is 3. The van der Waals surface area contributed by atoms with Gasteiger partial charge in [-0.1, -0.05) is 28.1 Å². The van der Waals surface area contributed by atoms with E-state index in [1.807, 2.05) is 37.4 Å². The van der Waals surface area contributed by atoms with E-state index in [0.717, 1.165) is 66.0 Å². The molecule has 0 aliphatic carbocycles. The van der Waals surface area contributed by atoms with E-state index in [4.69, 9.17) is 4.74 Å². The SMILES string of the molecule is CN(CC(CCN1CC(N2CCOCC2)C1)c1ccc(F)cc1)C(=O)c1cc(Br)cc(I)c1. The van der Waals surface area contributed by atoms with E-state index < -0.39 is 0 Å². The third-order valence-corrected chi connectivity index (χ3v) is 7.67. The molecule has 178 valence electrons. The molecule has 0 saturated carbocycles. The zero-order chi connectivity index (χ0) is 23.4. The quantitative estimate of drug-likeness (QED) is 0.404. The predicted octanol–water partition coefficient (Wildman–Crippen LogP) is 4.46. The number of hydrogen-bond acceptors (Lipinski definition) is 4. The van der Waals surface area contributed by atoms with Gasteiger partial charge in [-0.15, -0.1) is 0 Å². The Kier molecular flexibility index (Phi) is 8.78. The minimum absolute atomic E-state index is 0.00217. The van der Waals surface area contributed by atoms with E-state index in [-0.39, 0.29) is 17.6 Å². The van der Waals surface area contributed by atoms with Gasteiger partial charge in [0.15, 0.2) is 0 Å². The van der Waals surface area contributed by atoms with Crippen LogP contribution in [-0.2, 0) is 4.74 Å². The van der Waals surface area contributed by atoms with Crippen LogP contribution in [0.15, 0.2) is 46.9 Å². The lowest BCUT2D eigenvalue weighted by molar-refractivity contribution is -0.0326. The van der Waals surface area contributed by atoms with Gasteiger partial charge in [0.25, 0.3) is 5.91 Å². The molecule has 0 N–H and O–H groups in total. The summed E-state index contributed by atoms with van der Waals surface area (Å²) in [6.07, 6.45) is 0.926. The molecule has 0 radical (unpaired) electrons. The molecule has 2 fully saturated rings. The average molecular weight is 630 g/mol. The van der Waals surface area contributed by atoms with Gasteiger partial charge in [-0.25, -0.2) is 4.39 Å². The number of carbonyl (C=O) groups excluding carboxylic acids is 1. The summed E-state index contributed by atoms with van der Waals surface area (Å²) in [5.41, 5.74) is 1.75. The third kappa shape index (κ3) is 6.75. The lowest BCUT2D eigenvalue weighted by Crippen LogP contribution is -2.61. The van der Waals surface area contributed by atoms with E-state index >= 15 is 0 Å². The summed E-state index contributed by atoms with van der Waals surface area (Å²) >= 11 is 5.71. The van der Waals surface area contributed by atoms with E-state index in [9.17, 15) is 9.18 Å². The zero-order valence-corrected chi connectivity index (χ0v) is 22.6. The smallest absolute Gasteiger partial charge is 0.253 e. The monoisotopic (exact) mass is 629 g/mol. The molecule has 0 spiro atoms. The first-order valence-corrected chi connectivity index (χ1v) is 13.3. The minimum Gasteiger partial charge on any atom is -0.379 e. The molecule has 8 heteroatoms. The molecule has 33 heavy (non-hydrogen) atoms. The first kappa shape index (κ1) is 25.0. The minimum atomic E-state index is -0.235. The number of likely N-dealkylation sites (tertiary alicyclic amines) is 1. The van der Waals surface area contributed by atoms with Crippen LogP contribution in [0.2, 0.25) is 0 Å². The van der Waals surface area contributed by atoms with Crippen LogP contribution < -0.4 is 0 Å². The van der Waals surface area contributed by atoms with Crippen molar-refractivity contribution in [3.8, 4) is 0 Å². The third-order valence-electron chi connectivity index (χ3n) is 6.59. The molecule has 0 bridgehead atoms. The van der Waals surface area contributed by atoms with Gasteiger partial charge in [-0.3, -0.25) is 9.69 Å². The number of ether oxygens (including phenoxy) is 1. The highest BCUT2D eigenvalue weighted by atomic mass is 127. The Morgan fingerprint density at radius 3 is 2.58 bits per heavy atom. The standard InChI is InChI=1S/C25H30BrFIN3O2/c1-29(25(32)20-12-21(26)14-23(28)13-20)15-19(18-2-4-22(27)5-3-18)6-7-30-16-24(17-30)31-8-10-33-11-9-31/h2-5,12-14,19,24H,6-11,15-17H2,1H3. The summed E-state index contributed by atoms with van der Waals surface area (Å²) in [6.45, 7) is 7.45. The topological polar surface area (TPSA) is 36.0 Å². The van der Waals surface area contributed by atoms with Crippen LogP contribution in [0.4, 0.5) is 4.39 Å². The van der Waals surface area contributed by atoms with Gasteiger partial charge in [0.2, 0.25) is 0 Å². The number of carbonyl (C=O) groups is 1. The van der Waals surface area contributed by atoms with Crippen LogP contribution in [0.3, 0.4) is 0 Å². The second-order valence-corrected chi connectivity index (χ2v) is 11.1. The van der Waals surface area contributed by atoms with Crippen molar-refractivity contribution in [1.82, 2.24) is 14.7 Å². The second kappa shape index (κ2) is 11.6. The predicted molar refractivity (Wildman–Crippen MR) is 140 cm³/mol. The van der Waals surface area contributed by atoms with E-state index in [0.29, 0.717) is 18.2 Å². The lowest BCUT2D eigenvalue weighted by atomic mass is 9.93. The van der Waals surface area contributed by atoms with E-state index in [1.54, 1.807) is 4.90 Å². The summed E-state index contributed by atoms with van der Waals surface area (Å²) < 4.78 is 20.9. The van der Waals surface area contributed by atoms with Gasteiger partial charge >= 0.3 is 0 Å². The van der Waals surface area contributed by atoms with Crippen LogP contribution in [-0.4, -0.2) is 86.2 Å². The largest absolute Gasteiger partial charge is 0.379 e. The van der Waals surface area contributed by atoms with Gasteiger partial charge in [0, 0.05) is 65.3 Å². The highest BCUT2D eigenvalue weighted by molar-refractivity contribution is 14.1. The van der Waals surface area contributed by atoms with E-state index in [2.05, 4.69) is 48.3 Å². The summed E-state index contributed by atoms with van der Waals surface area (Å²) in [5.74, 6) is -0.0902. The van der Waals surface area contributed by atoms with Gasteiger partial charge in [-0.2, -0.15) is 0 Å². The molecule has 2 saturated heterocycles. The fourth-order valence-corrected chi connectivity index (χ4v) is 6.24. The second-order valence-electron chi connectivity index (χ2n) is 8.94. The number of hydrogen-bond donors (Lipinski definition) is 0. The van der Waals surface area contributed by atoms with Crippen molar-refractivity contribution in [3.63, 3.8) is 0 Å². The number of amides is 1. The maximum atomic E-state index is 13.5. The molecule has 1 amide bonds. The molecular formula is C25H30BrFIN3O2. The molecule has 2 aliphatic heterocycles. The number of nitrogens with zero attached hydrogens (tertiary/aromatic N) is 3. The van der Waals surface area contributed by atoms with Crippen molar-refractivity contribution in [1.29, 1.82) is 0 Å². The van der Waals surface area contributed by atoms with E-state index in [1.165, 1.54) is 12.1 Å². The number of likely N-dealkylation sites (N-methyl/N-ethyl adjacent to an activating group) is 1. The number of benzene rings is 2. The molecule has 4 rings (SSSR count). The molecular weight excluding hydrogens is 600 g/mol. The summed E-state index contributed by atoms with van der Waals surface area (Å²) in [5, 5.41) is 0. The normalized spacial score (nSPS) is 18.7. The molecule has 0 aromatic heterocycles. The molecule has 5 nitrogen and oxygen atoms in total. The summed E-state index contributed by atoms with van der Waals surface area (Å²) in [6, 6.07) is 13.1. The number of rotatable bonds is 8. The van der Waals surface area contributed by atoms with Crippen LogP contribution >= 0.6 is 38.5 Å². The zero-order valence-electron chi connectivity index (χ0n) is 18.9. The Morgan fingerprint density at radius 1 is 1.21 bits per heavy atom. The molecule has 2 aromatic rings. The average Bonchev–Trinajstić information content (AvgIpc) is 2.77. The van der Waals surface area contributed by atoms with Crippen LogP contribution in [0.1, 0.15) is 28.3 Å². The highest BCUT2D eigenvalue weighted by Crippen LogP contribution is 2.26. The maximum Gasteiger partial charge on any atom is 0.253 e. The van der Waals surface area contributed by atoms with Crippen molar-refractivity contribution >= 4 is 44.4 Å². The van der Waals surface area contributed by atoms with Crippen molar-refractivity contribution in [2.24, 2.45) is 0 Å². The lowest BCUT2D eigenvalue weighted by Gasteiger charge is -2.47. The Balaban J connectivity index is 1.37. The summed E-state index contributed by atoms with van der Waals surface area (Å²) in [7, 11) is 1.85. The number of morpholine rings is 1. The highest BCUT2D eigenvalue weighted by Gasteiger charge is 2.32. The fraction of sp³-hybridized carbons (Fsp3) is 0.480. The van der Waals surface area contributed by atoms with Crippen molar-refractivity contribution < 1.29 is 13.9 Å². The Morgan fingerprint density at radius 2 is 1.91 bits per heavy atom. The first-order valence-electron chi connectivity index (χ1n) is 11.4. The molecule has 1 unspecified atom stereocenters. The molecule has 2 aromatic carbocycles. The van der Waals surface area contributed by atoms with Gasteiger partial charge < -0.3 is 14.5 Å². The summed E-state index contributed by atoms with van der Waals surface area (Å²) in [4.78, 5) is 19.9. The Bertz CT molecular complexity index is 929. The molecule has 2 heterocycles. The van der Waals surface area contributed by atoms with Gasteiger partial charge in [-0.05, 0) is 71.5 Å². The van der Waals surface area contributed by atoms with Crippen molar-refractivity contribution in [2.75, 3.05) is 59.5 Å². The Hall–Kier alpha value is -1.07. The van der Waals surface area contributed by atoms with Crippen molar-refractivity contribution in [3.05, 3.63) is 67.5 Å². The van der Waals surface area contributed by atoms with Crippen LogP contribution in [0.5, 0.6) is 0 Å².